The van der Waals surface area contributed by atoms with Crippen molar-refractivity contribution in [3.05, 3.63) is 34.4 Å². The number of hydrogen-bond acceptors (Lipinski definition) is 4. The molecule has 0 saturated carbocycles. The van der Waals surface area contributed by atoms with Crippen LogP contribution in [0.3, 0.4) is 0 Å². The first kappa shape index (κ1) is 14.7. The van der Waals surface area contributed by atoms with Crippen LogP contribution < -0.4 is 5.32 Å². The smallest absolute Gasteiger partial charge is 0.234 e. The van der Waals surface area contributed by atoms with Crippen molar-refractivity contribution in [3.63, 3.8) is 0 Å². The van der Waals surface area contributed by atoms with Gasteiger partial charge in [0, 0.05) is 16.6 Å². The van der Waals surface area contributed by atoms with Crippen molar-refractivity contribution in [1.82, 2.24) is 15.5 Å². The van der Waals surface area contributed by atoms with E-state index in [4.69, 9.17) is 4.52 Å². The number of nitrogens with one attached hydrogen (secondary N) is 1. The molecule has 1 aliphatic rings. The maximum Gasteiger partial charge on any atom is 0.234 e. The number of aromatic nitrogens is 2. The summed E-state index contributed by atoms with van der Waals surface area (Å²) in [5.41, 5.74) is 0.484. The molecule has 1 aromatic heterocycles. The number of benzene rings is 1. The second-order valence-electron chi connectivity index (χ2n) is 5.82. The zero-order valence-electron chi connectivity index (χ0n) is 12.0. The topological polar surface area (TPSA) is 51.0 Å². The number of rotatable bonds is 3. The van der Waals surface area contributed by atoms with Crippen LogP contribution in [-0.4, -0.2) is 23.2 Å². The van der Waals surface area contributed by atoms with E-state index < -0.39 is 0 Å². The Labute approximate surface area is 131 Å². The molecule has 2 aromatic rings. The lowest BCUT2D eigenvalue weighted by atomic mass is 9.76. The normalized spacial score (nSPS) is 22.1. The van der Waals surface area contributed by atoms with E-state index in [0.717, 1.165) is 19.5 Å². The Balaban J connectivity index is 1.99. The summed E-state index contributed by atoms with van der Waals surface area (Å²) in [6.07, 6.45) is 0.971. The molecule has 112 valence electrons. The molecule has 4 nitrogen and oxygen atoms in total. The molecule has 1 saturated heterocycles. The maximum atomic E-state index is 13.5. The van der Waals surface area contributed by atoms with Crippen molar-refractivity contribution in [2.24, 2.45) is 5.92 Å². The van der Waals surface area contributed by atoms with Gasteiger partial charge in [0.05, 0.1) is 5.41 Å². The van der Waals surface area contributed by atoms with Crippen LogP contribution in [0.5, 0.6) is 0 Å². The fraction of sp³-hybridized carbons (Fsp3) is 0.467. The van der Waals surface area contributed by atoms with Crippen molar-refractivity contribution in [2.75, 3.05) is 13.1 Å². The first-order valence-corrected chi connectivity index (χ1v) is 7.82. The van der Waals surface area contributed by atoms with E-state index in [2.05, 4.69) is 45.2 Å². The van der Waals surface area contributed by atoms with Gasteiger partial charge in [0.15, 0.2) is 0 Å². The van der Waals surface area contributed by atoms with Gasteiger partial charge in [-0.3, -0.25) is 0 Å². The van der Waals surface area contributed by atoms with Gasteiger partial charge in [-0.25, -0.2) is 4.39 Å². The highest BCUT2D eigenvalue weighted by molar-refractivity contribution is 9.10. The van der Waals surface area contributed by atoms with Crippen molar-refractivity contribution >= 4 is 15.9 Å². The third-order valence-corrected chi connectivity index (χ3v) is 4.72. The third-order valence-electron chi connectivity index (χ3n) is 4.27. The summed E-state index contributed by atoms with van der Waals surface area (Å²) in [6.45, 7) is 6.10. The molecule has 6 heteroatoms. The fourth-order valence-corrected chi connectivity index (χ4v) is 3.32. The molecule has 1 aliphatic heterocycles. The van der Waals surface area contributed by atoms with Crippen molar-refractivity contribution in [1.29, 1.82) is 0 Å². The summed E-state index contributed by atoms with van der Waals surface area (Å²) in [4.78, 5) is 4.53. The molecular weight excluding hydrogens is 337 g/mol. The Morgan fingerprint density at radius 3 is 2.81 bits per heavy atom. The molecule has 1 N–H and O–H groups in total. The van der Waals surface area contributed by atoms with Crippen LogP contribution in [0.2, 0.25) is 0 Å². The van der Waals surface area contributed by atoms with Gasteiger partial charge >= 0.3 is 0 Å². The van der Waals surface area contributed by atoms with Crippen molar-refractivity contribution < 1.29 is 8.91 Å². The number of halogens is 2. The van der Waals surface area contributed by atoms with Gasteiger partial charge in [-0.2, -0.15) is 4.98 Å². The second-order valence-corrected chi connectivity index (χ2v) is 6.73. The van der Waals surface area contributed by atoms with Gasteiger partial charge in [-0.05, 0) is 37.1 Å². The van der Waals surface area contributed by atoms with Crippen molar-refractivity contribution in [3.8, 4) is 11.4 Å². The Morgan fingerprint density at radius 2 is 2.19 bits per heavy atom. The lowest BCUT2D eigenvalue weighted by Gasteiger charge is -2.27. The molecule has 1 fully saturated rings. The number of nitrogens with zero attached hydrogens (tertiary/aromatic N) is 2. The van der Waals surface area contributed by atoms with E-state index in [1.807, 2.05) is 0 Å². The molecular formula is C15H17BrFN3O. The standard InChI is InChI=1S/C15H17BrFN3O/c1-9(2)15(3-4-18-8-15)14-19-13(20-21-14)10-5-11(16)7-12(17)6-10/h5-7,9,18H,3-4,8H2,1-2H3. The summed E-state index contributed by atoms with van der Waals surface area (Å²) < 4.78 is 19.7. The molecule has 3 rings (SSSR count). The zero-order chi connectivity index (χ0) is 15.0. The highest BCUT2D eigenvalue weighted by Crippen LogP contribution is 2.37. The van der Waals surface area contributed by atoms with E-state index in [-0.39, 0.29) is 11.2 Å². The van der Waals surface area contributed by atoms with Crippen LogP contribution in [0.25, 0.3) is 11.4 Å². The quantitative estimate of drug-likeness (QED) is 0.916. The first-order valence-electron chi connectivity index (χ1n) is 7.03. The molecule has 0 radical (unpaired) electrons. The summed E-state index contributed by atoms with van der Waals surface area (Å²) in [7, 11) is 0. The monoisotopic (exact) mass is 353 g/mol. The molecule has 1 aromatic carbocycles. The fourth-order valence-electron chi connectivity index (χ4n) is 2.86. The molecule has 0 bridgehead atoms. The molecule has 0 spiro atoms. The van der Waals surface area contributed by atoms with Gasteiger partial charge in [-0.1, -0.05) is 34.9 Å². The number of hydrogen-bond donors (Lipinski definition) is 1. The van der Waals surface area contributed by atoms with E-state index in [9.17, 15) is 4.39 Å². The Hall–Kier alpha value is -1.27. The molecule has 2 heterocycles. The van der Waals surface area contributed by atoms with Crippen LogP contribution in [0.15, 0.2) is 27.2 Å². The average molecular weight is 354 g/mol. The minimum absolute atomic E-state index is 0.129. The highest BCUT2D eigenvalue weighted by Gasteiger charge is 2.43. The van der Waals surface area contributed by atoms with Gasteiger partial charge in [-0.15, -0.1) is 0 Å². The first-order chi connectivity index (χ1) is 10.0. The third kappa shape index (κ3) is 2.62. The van der Waals surface area contributed by atoms with Crippen LogP contribution in [-0.2, 0) is 5.41 Å². The minimum Gasteiger partial charge on any atom is -0.338 e. The summed E-state index contributed by atoms with van der Waals surface area (Å²) in [5.74, 6) is 1.13. The van der Waals surface area contributed by atoms with Crippen LogP contribution in [0.1, 0.15) is 26.2 Å². The zero-order valence-corrected chi connectivity index (χ0v) is 13.6. The molecule has 21 heavy (non-hydrogen) atoms. The van der Waals surface area contributed by atoms with Gasteiger partial charge in [0.25, 0.3) is 0 Å². The average Bonchev–Trinajstić information content (AvgIpc) is 3.07. The Morgan fingerprint density at radius 1 is 1.38 bits per heavy atom. The molecule has 1 unspecified atom stereocenters. The lowest BCUT2D eigenvalue weighted by Crippen LogP contribution is -2.35. The lowest BCUT2D eigenvalue weighted by molar-refractivity contribution is 0.234. The summed E-state index contributed by atoms with van der Waals surface area (Å²) >= 11 is 3.28. The molecule has 0 aliphatic carbocycles. The van der Waals surface area contributed by atoms with E-state index in [0.29, 0.717) is 27.7 Å². The second kappa shape index (κ2) is 5.50. The van der Waals surface area contributed by atoms with Gasteiger partial charge < -0.3 is 9.84 Å². The predicted molar refractivity (Wildman–Crippen MR) is 81.4 cm³/mol. The summed E-state index contributed by atoms with van der Waals surface area (Å²) in [5, 5.41) is 7.40. The van der Waals surface area contributed by atoms with Gasteiger partial charge in [0.2, 0.25) is 11.7 Å². The molecule has 0 amide bonds. The largest absolute Gasteiger partial charge is 0.338 e. The summed E-state index contributed by atoms with van der Waals surface area (Å²) in [6, 6.07) is 4.60. The van der Waals surface area contributed by atoms with Gasteiger partial charge in [0.1, 0.15) is 5.82 Å². The predicted octanol–water partition coefficient (Wildman–Crippen LogP) is 3.53. The van der Waals surface area contributed by atoms with Crippen LogP contribution >= 0.6 is 15.9 Å². The SMILES string of the molecule is CC(C)C1(c2nc(-c3cc(F)cc(Br)c3)no2)CCNC1. The molecule has 1 atom stereocenters. The van der Waals surface area contributed by atoms with Crippen LogP contribution in [0, 0.1) is 11.7 Å². The highest BCUT2D eigenvalue weighted by atomic mass is 79.9. The van der Waals surface area contributed by atoms with E-state index >= 15 is 0 Å². The van der Waals surface area contributed by atoms with Crippen molar-refractivity contribution in [2.45, 2.75) is 25.7 Å². The van der Waals surface area contributed by atoms with E-state index in [1.54, 1.807) is 6.07 Å². The van der Waals surface area contributed by atoms with Crippen LogP contribution in [0.4, 0.5) is 4.39 Å². The van der Waals surface area contributed by atoms with E-state index in [1.165, 1.54) is 12.1 Å². The Bertz CT molecular complexity index is 630. The Kier molecular flexibility index (Phi) is 3.84. The minimum atomic E-state index is -0.327. The maximum absolute atomic E-state index is 13.5.